The van der Waals surface area contributed by atoms with Crippen LogP contribution in [0.5, 0.6) is 0 Å². The van der Waals surface area contributed by atoms with Gasteiger partial charge in [-0.3, -0.25) is 14.2 Å². The molecular formula is C17H16N4O4. The molecule has 1 fully saturated rings. The fourth-order valence-electron chi connectivity index (χ4n) is 3.16. The predicted octanol–water partition coefficient (Wildman–Crippen LogP) is 0.740. The number of benzene rings is 1. The van der Waals surface area contributed by atoms with Crippen molar-refractivity contribution in [2.24, 2.45) is 0 Å². The van der Waals surface area contributed by atoms with Crippen LogP contribution < -0.4 is 16.6 Å². The van der Waals surface area contributed by atoms with Gasteiger partial charge in [0.15, 0.2) is 5.58 Å². The van der Waals surface area contributed by atoms with E-state index in [4.69, 9.17) is 4.42 Å². The zero-order valence-electron chi connectivity index (χ0n) is 13.3. The number of nitrogens with zero attached hydrogens (tertiary/aromatic N) is 2. The molecule has 0 radical (unpaired) electrons. The van der Waals surface area contributed by atoms with Gasteiger partial charge in [-0.1, -0.05) is 12.1 Å². The monoisotopic (exact) mass is 340 g/mol. The van der Waals surface area contributed by atoms with Crippen molar-refractivity contribution < 1.29 is 9.21 Å². The van der Waals surface area contributed by atoms with Crippen LogP contribution in [0.3, 0.4) is 0 Å². The van der Waals surface area contributed by atoms with Gasteiger partial charge in [-0.05, 0) is 25.0 Å². The highest BCUT2D eigenvalue weighted by Crippen LogP contribution is 2.35. The van der Waals surface area contributed by atoms with Gasteiger partial charge in [0.2, 0.25) is 5.91 Å². The second-order valence-electron chi connectivity index (χ2n) is 6.19. The third-order valence-corrected chi connectivity index (χ3v) is 4.50. The van der Waals surface area contributed by atoms with E-state index in [1.807, 2.05) is 0 Å². The number of aromatic amines is 1. The van der Waals surface area contributed by atoms with Gasteiger partial charge in [-0.2, -0.15) is 0 Å². The van der Waals surface area contributed by atoms with Crippen LogP contribution in [0.1, 0.15) is 24.5 Å². The van der Waals surface area contributed by atoms with E-state index in [2.05, 4.69) is 15.3 Å². The SMILES string of the molecule is O=C(Cn1c(=O)oc2ccccc21)NC1CC(c2cc(=O)[nH]cn2)C1. The third kappa shape index (κ3) is 2.98. The highest BCUT2D eigenvalue weighted by atomic mass is 16.4. The fourth-order valence-corrected chi connectivity index (χ4v) is 3.16. The Bertz CT molecular complexity index is 1040. The molecule has 1 aromatic carbocycles. The molecule has 128 valence electrons. The number of para-hydroxylation sites is 2. The zero-order chi connectivity index (χ0) is 17.4. The number of nitrogens with one attached hydrogen (secondary N) is 2. The van der Waals surface area contributed by atoms with Crippen LogP contribution in [0.15, 0.2) is 50.7 Å². The lowest BCUT2D eigenvalue weighted by Gasteiger charge is -2.35. The number of rotatable bonds is 4. The topological polar surface area (TPSA) is 110 Å². The van der Waals surface area contributed by atoms with Crippen LogP contribution >= 0.6 is 0 Å². The molecule has 2 aromatic heterocycles. The molecule has 0 atom stereocenters. The number of hydrogen-bond donors (Lipinski definition) is 2. The maximum Gasteiger partial charge on any atom is 0.420 e. The van der Waals surface area contributed by atoms with E-state index in [1.165, 1.54) is 17.0 Å². The van der Waals surface area contributed by atoms with Crippen molar-refractivity contribution in [1.29, 1.82) is 0 Å². The first-order chi connectivity index (χ1) is 12.1. The molecule has 0 unspecified atom stereocenters. The van der Waals surface area contributed by atoms with E-state index in [-0.39, 0.29) is 30.0 Å². The first kappa shape index (κ1) is 15.4. The van der Waals surface area contributed by atoms with E-state index in [1.54, 1.807) is 24.3 Å². The Hall–Kier alpha value is -3.16. The Labute approximate surface area is 141 Å². The number of fused-ring (bicyclic) bond motifs is 1. The van der Waals surface area contributed by atoms with Gasteiger partial charge in [0.25, 0.3) is 5.56 Å². The van der Waals surface area contributed by atoms with E-state index in [9.17, 15) is 14.4 Å². The minimum absolute atomic E-state index is 0.0208. The number of oxazole rings is 1. The van der Waals surface area contributed by atoms with Crippen molar-refractivity contribution in [3.05, 3.63) is 63.3 Å². The highest BCUT2D eigenvalue weighted by molar-refractivity contribution is 5.79. The Balaban J connectivity index is 1.38. The highest BCUT2D eigenvalue weighted by Gasteiger charge is 2.32. The smallest absolute Gasteiger partial charge is 0.408 e. The van der Waals surface area contributed by atoms with Gasteiger partial charge in [0, 0.05) is 18.0 Å². The van der Waals surface area contributed by atoms with Gasteiger partial charge in [-0.25, -0.2) is 9.78 Å². The molecule has 0 spiro atoms. The van der Waals surface area contributed by atoms with E-state index < -0.39 is 5.76 Å². The Morgan fingerprint density at radius 1 is 1.32 bits per heavy atom. The molecule has 1 aliphatic rings. The lowest BCUT2D eigenvalue weighted by Crippen LogP contribution is -2.45. The zero-order valence-corrected chi connectivity index (χ0v) is 13.3. The summed E-state index contributed by atoms with van der Waals surface area (Å²) in [7, 11) is 0. The Kier molecular flexibility index (Phi) is 3.72. The van der Waals surface area contributed by atoms with Crippen LogP contribution in [0.4, 0.5) is 0 Å². The summed E-state index contributed by atoms with van der Waals surface area (Å²) >= 11 is 0. The maximum absolute atomic E-state index is 12.2. The van der Waals surface area contributed by atoms with Gasteiger partial charge >= 0.3 is 5.76 Å². The second kappa shape index (κ2) is 6.04. The largest absolute Gasteiger partial charge is 0.420 e. The quantitative estimate of drug-likeness (QED) is 0.728. The van der Waals surface area contributed by atoms with Gasteiger partial charge in [0.05, 0.1) is 17.5 Å². The minimum atomic E-state index is -0.546. The molecule has 1 amide bonds. The lowest BCUT2D eigenvalue weighted by atomic mass is 9.78. The minimum Gasteiger partial charge on any atom is -0.408 e. The van der Waals surface area contributed by atoms with Gasteiger partial charge in [0.1, 0.15) is 6.54 Å². The van der Waals surface area contributed by atoms with E-state index in [0.29, 0.717) is 11.1 Å². The van der Waals surface area contributed by atoms with Crippen molar-refractivity contribution in [2.45, 2.75) is 31.3 Å². The number of carbonyl (C=O) groups is 1. The second-order valence-corrected chi connectivity index (χ2v) is 6.19. The molecule has 2 N–H and O–H groups in total. The number of amides is 1. The molecule has 0 aliphatic heterocycles. The van der Waals surface area contributed by atoms with Gasteiger partial charge < -0.3 is 14.7 Å². The summed E-state index contributed by atoms with van der Waals surface area (Å²) in [4.78, 5) is 42.1. The molecule has 25 heavy (non-hydrogen) atoms. The fraction of sp³-hybridized carbons (Fsp3) is 0.294. The molecule has 8 nitrogen and oxygen atoms in total. The van der Waals surface area contributed by atoms with Crippen molar-refractivity contribution >= 4 is 17.0 Å². The van der Waals surface area contributed by atoms with E-state index in [0.717, 1.165) is 18.5 Å². The average Bonchev–Trinajstić information content (AvgIpc) is 2.86. The Morgan fingerprint density at radius 2 is 2.12 bits per heavy atom. The van der Waals surface area contributed by atoms with Crippen molar-refractivity contribution in [1.82, 2.24) is 19.9 Å². The van der Waals surface area contributed by atoms with Crippen LogP contribution in [0, 0.1) is 0 Å². The number of H-pyrrole nitrogens is 1. The summed E-state index contributed by atoms with van der Waals surface area (Å²) < 4.78 is 6.44. The van der Waals surface area contributed by atoms with E-state index >= 15 is 0 Å². The number of hydrogen-bond acceptors (Lipinski definition) is 5. The van der Waals surface area contributed by atoms with Crippen molar-refractivity contribution in [3.8, 4) is 0 Å². The normalized spacial score (nSPS) is 19.5. The molecular weight excluding hydrogens is 324 g/mol. The van der Waals surface area contributed by atoms with Gasteiger partial charge in [-0.15, -0.1) is 0 Å². The molecule has 4 rings (SSSR count). The summed E-state index contributed by atoms with van der Waals surface area (Å²) in [6.07, 6.45) is 2.84. The molecule has 1 aliphatic carbocycles. The molecule has 2 heterocycles. The summed E-state index contributed by atoms with van der Waals surface area (Å²) in [5.74, 6) is -0.614. The first-order valence-electron chi connectivity index (χ1n) is 8.02. The average molecular weight is 340 g/mol. The predicted molar refractivity (Wildman–Crippen MR) is 89.2 cm³/mol. The molecule has 0 saturated heterocycles. The Morgan fingerprint density at radius 3 is 2.92 bits per heavy atom. The third-order valence-electron chi connectivity index (χ3n) is 4.50. The van der Waals surface area contributed by atoms with Crippen LogP contribution in [-0.2, 0) is 11.3 Å². The van der Waals surface area contributed by atoms with Crippen LogP contribution in [0.25, 0.3) is 11.1 Å². The summed E-state index contributed by atoms with van der Waals surface area (Å²) in [5.41, 5.74) is 1.63. The summed E-state index contributed by atoms with van der Waals surface area (Å²) in [5, 5.41) is 2.91. The summed E-state index contributed by atoms with van der Waals surface area (Å²) in [6, 6.07) is 8.50. The number of carbonyl (C=O) groups excluding carboxylic acids is 1. The lowest BCUT2D eigenvalue weighted by molar-refractivity contribution is -0.123. The molecule has 8 heteroatoms. The summed E-state index contributed by atoms with van der Waals surface area (Å²) in [6.45, 7) is -0.0831. The van der Waals surface area contributed by atoms with Crippen molar-refractivity contribution in [3.63, 3.8) is 0 Å². The van der Waals surface area contributed by atoms with Crippen LogP contribution in [-0.4, -0.2) is 26.5 Å². The maximum atomic E-state index is 12.2. The van der Waals surface area contributed by atoms with Crippen molar-refractivity contribution in [2.75, 3.05) is 0 Å². The molecule has 1 saturated carbocycles. The standard InChI is InChI=1S/C17H16N4O4/c22-15-7-12(18-9-19-15)10-5-11(6-10)20-16(23)8-21-13-3-1-2-4-14(13)25-17(21)24/h1-4,7,9-11H,5-6,8H2,(H,20,23)(H,18,19,22). The molecule has 0 bridgehead atoms. The number of aromatic nitrogens is 3. The molecule has 3 aromatic rings. The van der Waals surface area contributed by atoms with Crippen LogP contribution in [0.2, 0.25) is 0 Å². The first-order valence-corrected chi connectivity index (χ1v) is 8.02.